The Kier molecular flexibility index (Phi) is 8.70. The Balaban J connectivity index is 2.14. The third-order valence-electron chi connectivity index (χ3n) is 6.37. The van der Waals surface area contributed by atoms with Crippen LogP contribution in [0.2, 0.25) is 0 Å². The summed E-state index contributed by atoms with van der Waals surface area (Å²) in [7, 11) is 1.22. The minimum atomic E-state index is -6.41. The molecule has 0 radical (unpaired) electrons. The number of carbonyl (C=O) groups excluding carboxylic acids is 2. The number of aryl methyl sites for hydroxylation is 2. The maximum Gasteiger partial charge on any atom is 0.435 e. The van der Waals surface area contributed by atoms with Crippen LogP contribution in [0.1, 0.15) is 37.4 Å². The van der Waals surface area contributed by atoms with Crippen molar-refractivity contribution in [1.29, 1.82) is 0 Å². The Hall–Kier alpha value is -4.49. The number of carboxylic acids is 1. The number of aliphatic carboxylic acids is 1. The topological polar surface area (TPSA) is 77.9 Å². The molecule has 3 rings (SSSR count). The molecule has 0 spiro atoms. The first-order chi connectivity index (χ1) is 19.3. The lowest BCUT2D eigenvalue weighted by atomic mass is 9.90. The standard InChI is InChI=1S/C28H22F8N2O4/c1-15-12-18(26(30,27(31,32)33)28(34,35)36)13-16(2)23(15)38(14-21(39)40)25(42)19-10-7-11-20(22(19)29)37(3)24(41)17-8-5-4-6-9-17/h4-13H,14H2,1-3H3,(H,39,40). The van der Waals surface area contributed by atoms with Crippen molar-refractivity contribution in [3.05, 3.63) is 94.3 Å². The maximum absolute atomic E-state index is 15.7. The van der Waals surface area contributed by atoms with Crippen LogP contribution in [-0.4, -0.2) is 48.8 Å². The third kappa shape index (κ3) is 5.78. The number of alkyl halides is 7. The SMILES string of the molecule is Cc1cc(C(F)(C(F)(F)F)C(F)(F)F)cc(C)c1N(CC(=O)O)C(=O)c1cccc(N(C)C(=O)c2ccccc2)c1F. The van der Waals surface area contributed by atoms with Crippen LogP contribution in [0, 0.1) is 19.7 Å². The summed E-state index contributed by atoms with van der Waals surface area (Å²) in [5.74, 6) is -4.92. The molecule has 0 bridgehead atoms. The highest BCUT2D eigenvalue weighted by atomic mass is 19.4. The lowest BCUT2D eigenvalue weighted by Gasteiger charge is -2.32. The highest BCUT2D eigenvalue weighted by Gasteiger charge is 2.73. The highest BCUT2D eigenvalue weighted by molar-refractivity contribution is 6.11. The number of carbonyl (C=O) groups is 3. The molecule has 0 atom stereocenters. The van der Waals surface area contributed by atoms with E-state index in [-0.39, 0.29) is 23.4 Å². The molecule has 0 aromatic heterocycles. The molecule has 0 aliphatic heterocycles. The fourth-order valence-electron chi connectivity index (χ4n) is 4.43. The van der Waals surface area contributed by atoms with Crippen LogP contribution in [0.4, 0.5) is 46.5 Å². The molecular weight excluding hydrogens is 580 g/mol. The lowest BCUT2D eigenvalue weighted by molar-refractivity contribution is -0.348. The second kappa shape index (κ2) is 11.4. The van der Waals surface area contributed by atoms with Gasteiger partial charge >= 0.3 is 24.0 Å². The quantitative estimate of drug-likeness (QED) is 0.304. The monoisotopic (exact) mass is 602 g/mol. The predicted octanol–water partition coefficient (Wildman–Crippen LogP) is 6.74. The summed E-state index contributed by atoms with van der Waals surface area (Å²) < 4.78 is 110. The molecule has 6 nitrogen and oxygen atoms in total. The molecule has 14 heteroatoms. The van der Waals surface area contributed by atoms with Crippen LogP contribution in [0.3, 0.4) is 0 Å². The number of nitrogens with zero attached hydrogens (tertiary/aromatic N) is 2. The number of hydrogen-bond acceptors (Lipinski definition) is 3. The van der Waals surface area contributed by atoms with Crippen LogP contribution in [0.25, 0.3) is 0 Å². The van der Waals surface area contributed by atoms with Gasteiger partial charge in [0, 0.05) is 18.2 Å². The molecule has 0 aliphatic rings. The Morgan fingerprint density at radius 1 is 0.786 bits per heavy atom. The first-order valence-electron chi connectivity index (χ1n) is 11.9. The first kappa shape index (κ1) is 32.0. The number of amides is 2. The smallest absolute Gasteiger partial charge is 0.435 e. The normalized spacial score (nSPS) is 12.2. The molecule has 224 valence electrons. The summed E-state index contributed by atoms with van der Waals surface area (Å²) in [4.78, 5) is 39.3. The van der Waals surface area contributed by atoms with Gasteiger partial charge < -0.3 is 10.0 Å². The van der Waals surface area contributed by atoms with E-state index in [1.54, 1.807) is 18.2 Å². The second-order valence-corrected chi connectivity index (χ2v) is 9.27. The van der Waals surface area contributed by atoms with Crippen LogP contribution >= 0.6 is 0 Å². The molecule has 1 N–H and O–H groups in total. The van der Waals surface area contributed by atoms with Crippen LogP contribution in [0.15, 0.2) is 60.7 Å². The van der Waals surface area contributed by atoms with Gasteiger partial charge in [0.25, 0.3) is 11.8 Å². The van der Waals surface area contributed by atoms with E-state index in [4.69, 9.17) is 0 Å². The molecule has 42 heavy (non-hydrogen) atoms. The number of anilines is 2. The summed E-state index contributed by atoms with van der Waals surface area (Å²) in [6.45, 7) is 0.696. The summed E-state index contributed by atoms with van der Waals surface area (Å²) in [6, 6.07) is 11.4. The Bertz CT molecular complexity index is 1480. The Morgan fingerprint density at radius 3 is 1.79 bits per heavy atom. The summed E-state index contributed by atoms with van der Waals surface area (Å²) in [6.07, 6.45) is -12.8. The van der Waals surface area contributed by atoms with Crippen LogP contribution in [0.5, 0.6) is 0 Å². The van der Waals surface area contributed by atoms with Gasteiger partial charge in [-0.25, -0.2) is 8.78 Å². The van der Waals surface area contributed by atoms with Gasteiger partial charge in [-0.05, 0) is 49.2 Å². The molecule has 0 saturated heterocycles. The zero-order valence-corrected chi connectivity index (χ0v) is 22.1. The number of hydrogen-bond donors (Lipinski definition) is 1. The predicted molar refractivity (Wildman–Crippen MR) is 136 cm³/mol. The van der Waals surface area contributed by atoms with E-state index < -0.39 is 76.1 Å². The zero-order valence-electron chi connectivity index (χ0n) is 22.1. The van der Waals surface area contributed by atoms with Crippen molar-refractivity contribution in [1.82, 2.24) is 0 Å². The van der Waals surface area contributed by atoms with Gasteiger partial charge in [0.15, 0.2) is 5.82 Å². The molecule has 2 amide bonds. The molecular formula is C28H22F8N2O4. The zero-order chi connectivity index (χ0) is 31.8. The van der Waals surface area contributed by atoms with E-state index in [0.29, 0.717) is 4.90 Å². The van der Waals surface area contributed by atoms with E-state index in [1.807, 2.05) is 0 Å². The van der Waals surface area contributed by atoms with E-state index in [1.165, 1.54) is 25.2 Å². The van der Waals surface area contributed by atoms with Gasteiger partial charge in [-0.3, -0.25) is 19.3 Å². The molecule has 3 aromatic rings. The van der Waals surface area contributed by atoms with Crippen molar-refractivity contribution < 1.29 is 54.6 Å². The Morgan fingerprint density at radius 2 is 1.31 bits per heavy atom. The van der Waals surface area contributed by atoms with Crippen molar-refractivity contribution in [2.75, 3.05) is 23.4 Å². The maximum atomic E-state index is 15.7. The largest absolute Gasteiger partial charge is 0.480 e. The number of benzene rings is 3. The molecule has 0 unspecified atom stereocenters. The van der Waals surface area contributed by atoms with Gasteiger partial charge in [-0.2, -0.15) is 26.3 Å². The van der Waals surface area contributed by atoms with Crippen molar-refractivity contribution in [3.8, 4) is 0 Å². The van der Waals surface area contributed by atoms with Gasteiger partial charge in [-0.15, -0.1) is 0 Å². The number of halogens is 8. The molecule has 0 heterocycles. The molecule has 0 aliphatic carbocycles. The van der Waals surface area contributed by atoms with Crippen molar-refractivity contribution >= 4 is 29.2 Å². The van der Waals surface area contributed by atoms with Crippen molar-refractivity contribution in [2.24, 2.45) is 0 Å². The van der Waals surface area contributed by atoms with E-state index in [0.717, 1.165) is 30.9 Å². The molecule has 3 aromatic carbocycles. The van der Waals surface area contributed by atoms with Gasteiger partial charge in [0.2, 0.25) is 0 Å². The van der Waals surface area contributed by atoms with E-state index in [2.05, 4.69) is 0 Å². The average Bonchev–Trinajstić information content (AvgIpc) is 2.89. The van der Waals surface area contributed by atoms with Gasteiger partial charge in [0.05, 0.1) is 16.9 Å². The lowest BCUT2D eigenvalue weighted by Crippen LogP contribution is -2.50. The van der Waals surface area contributed by atoms with E-state index in [9.17, 15) is 50.2 Å². The third-order valence-corrected chi connectivity index (χ3v) is 6.37. The average molecular weight is 602 g/mol. The van der Waals surface area contributed by atoms with Crippen LogP contribution < -0.4 is 9.80 Å². The second-order valence-electron chi connectivity index (χ2n) is 9.27. The molecule has 0 fully saturated rings. The van der Waals surface area contributed by atoms with Crippen LogP contribution in [-0.2, 0) is 10.5 Å². The highest BCUT2D eigenvalue weighted by Crippen LogP contribution is 2.54. The Labute approximate surface area is 233 Å². The number of carboxylic acid groups (broad SMARTS) is 1. The number of rotatable bonds is 7. The summed E-state index contributed by atoms with van der Waals surface area (Å²) >= 11 is 0. The fourth-order valence-corrected chi connectivity index (χ4v) is 4.43. The van der Waals surface area contributed by atoms with E-state index >= 15 is 4.39 Å². The van der Waals surface area contributed by atoms with Gasteiger partial charge in [-0.1, -0.05) is 36.4 Å². The fraction of sp³-hybridized carbons (Fsp3) is 0.250. The minimum absolute atomic E-state index is 0.177. The summed E-state index contributed by atoms with van der Waals surface area (Å²) in [5, 5.41) is 9.43. The first-order valence-corrected chi connectivity index (χ1v) is 11.9. The molecule has 0 saturated carbocycles. The van der Waals surface area contributed by atoms with Crippen molar-refractivity contribution in [2.45, 2.75) is 31.9 Å². The van der Waals surface area contributed by atoms with Crippen molar-refractivity contribution in [3.63, 3.8) is 0 Å². The minimum Gasteiger partial charge on any atom is -0.480 e. The van der Waals surface area contributed by atoms with Gasteiger partial charge in [0.1, 0.15) is 6.54 Å². The summed E-state index contributed by atoms with van der Waals surface area (Å²) in [5.41, 5.74) is -10.1.